The molecule has 1 amide bonds. The van der Waals surface area contributed by atoms with E-state index >= 15 is 0 Å². The molecule has 2 aliphatic rings. The minimum Gasteiger partial charge on any atom is -0.497 e. The highest BCUT2D eigenvalue weighted by Crippen LogP contribution is 2.49. The van der Waals surface area contributed by atoms with Crippen LogP contribution in [0.1, 0.15) is 46.1 Å². The quantitative estimate of drug-likeness (QED) is 0.437. The molecule has 3 aromatic heterocycles. The van der Waals surface area contributed by atoms with Gasteiger partial charge in [-0.1, -0.05) is 6.07 Å². The van der Waals surface area contributed by atoms with E-state index in [-0.39, 0.29) is 17.9 Å². The van der Waals surface area contributed by atoms with Gasteiger partial charge in [0.1, 0.15) is 5.75 Å². The highest BCUT2D eigenvalue weighted by molar-refractivity contribution is 5.95. The van der Waals surface area contributed by atoms with Crippen molar-refractivity contribution in [3.8, 4) is 5.75 Å². The van der Waals surface area contributed by atoms with Gasteiger partial charge in [0.25, 0.3) is 5.91 Å². The Bertz CT molecular complexity index is 1400. The zero-order valence-electron chi connectivity index (χ0n) is 20.9. The third-order valence-corrected chi connectivity index (χ3v) is 8.05. The number of amides is 1. The number of carbonyl (C=O) groups is 1. The fourth-order valence-corrected chi connectivity index (χ4v) is 6.18. The summed E-state index contributed by atoms with van der Waals surface area (Å²) in [6.45, 7) is 3.10. The van der Waals surface area contributed by atoms with E-state index in [9.17, 15) is 9.90 Å². The van der Waals surface area contributed by atoms with Crippen LogP contribution in [0.4, 0.5) is 0 Å². The van der Waals surface area contributed by atoms with Crippen LogP contribution in [-0.2, 0) is 12.0 Å². The van der Waals surface area contributed by atoms with Crippen LogP contribution < -0.4 is 4.74 Å². The van der Waals surface area contributed by atoms with Crippen molar-refractivity contribution in [1.29, 1.82) is 0 Å². The number of aliphatic hydroxyl groups excluding tert-OH is 1. The lowest BCUT2D eigenvalue weighted by Gasteiger charge is -2.50. The SMILES string of the molecule is COc1ccc2c3c([nH]c2c1)[C@@H](CO)N(C(=O)c1ccncc1)CC31CCN(Cc2cccnc2)CC1. The Labute approximate surface area is 215 Å². The molecular weight excluding hydrogens is 466 g/mol. The molecule has 0 bridgehead atoms. The summed E-state index contributed by atoms with van der Waals surface area (Å²) >= 11 is 0. The molecule has 2 N–H and O–H groups in total. The smallest absolute Gasteiger partial charge is 0.254 e. The summed E-state index contributed by atoms with van der Waals surface area (Å²) in [7, 11) is 1.66. The van der Waals surface area contributed by atoms with Gasteiger partial charge >= 0.3 is 0 Å². The van der Waals surface area contributed by atoms with Gasteiger partial charge in [0.15, 0.2) is 0 Å². The number of aliphatic hydroxyl groups is 1. The van der Waals surface area contributed by atoms with Gasteiger partial charge < -0.3 is 19.7 Å². The van der Waals surface area contributed by atoms with Gasteiger partial charge in [-0.05, 0) is 67.4 Å². The number of H-pyrrole nitrogens is 1. The van der Waals surface area contributed by atoms with Crippen LogP contribution in [0.25, 0.3) is 10.9 Å². The number of hydrogen-bond acceptors (Lipinski definition) is 6. The predicted octanol–water partition coefficient (Wildman–Crippen LogP) is 3.69. The van der Waals surface area contributed by atoms with Crippen LogP contribution >= 0.6 is 0 Å². The van der Waals surface area contributed by atoms with E-state index in [0.29, 0.717) is 12.1 Å². The third-order valence-electron chi connectivity index (χ3n) is 8.05. The van der Waals surface area contributed by atoms with Gasteiger partial charge in [-0.3, -0.25) is 19.7 Å². The standard InChI is InChI=1S/C29H31N5O3/c1-37-22-4-5-23-24(15-22)32-27-25(18-35)34(28(36)21-6-11-30-12-7-21)19-29(26(23)27)8-13-33(14-9-29)17-20-3-2-10-31-16-20/h2-7,10-12,15-16,25,32,35H,8-9,13-14,17-19H2,1H3/t25-/m1/s1. The number of aromatic nitrogens is 3. The molecule has 8 nitrogen and oxygen atoms in total. The summed E-state index contributed by atoms with van der Waals surface area (Å²) < 4.78 is 5.48. The third kappa shape index (κ3) is 4.16. The summed E-state index contributed by atoms with van der Waals surface area (Å²) in [4.78, 5) is 30.0. The number of carbonyl (C=O) groups excluding carboxylic acids is 1. The van der Waals surface area contributed by atoms with E-state index in [1.807, 2.05) is 29.3 Å². The maximum Gasteiger partial charge on any atom is 0.254 e. The fraction of sp³-hybridized carbons (Fsp3) is 0.345. The lowest BCUT2D eigenvalue weighted by molar-refractivity contribution is 0.0338. The molecule has 37 heavy (non-hydrogen) atoms. The van der Waals surface area contributed by atoms with Gasteiger partial charge in [0.2, 0.25) is 0 Å². The highest BCUT2D eigenvalue weighted by atomic mass is 16.5. The Kier molecular flexibility index (Phi) is 6.14. The molecule has 0 saturated carbocycles. The number of fused-ring (bicyclic) bond motifs is 4. The number of hydrogen-bond donors (Lipinski definition) is 2. The van der Waals surface area contributed by atoms with E-state index < -0.39 is 6.04 Å². The number of nitrogens with zero attached hydrogens (tertiary/aromatic N) is 4. The molecule has 5 heterocycles. The Balaban J connectivity index is 1.40. The number of pyridine rings is 2. The first-order chi connectivity index (χ1) is 18.1. The summed E-state index contributed by atoms with van der Waals surface area (Å²) in [5.41, 5.74) is 4.71. The molecule has 1 aromatic carbocycles. The molecule has 0 unspecified atom stereocenters. The molecule has 4 aromatic rings. The van der Waals surface area contributed by atoms with E-state index in [0.717, 1.165) is 54.8 Å². The van der Waals surface area contributed by atoms with Gasteiger partial charge in [0.05, 0.1) is 19.8 Å². The van der Waals surface area contributed by atoms with Crippen molar-refractivity contribution >= 4 is 16.8 Å². The molecule has 6 rings (SSSR count). The maximum absolute atomic E-state index is 13.8. The number of aromatic amines is 1. The van der Waals surface area contributed by atoms with Gasteiger partial charge in [-0.25, -0.2) is 0 Å². The van der Waals surface area contributed by atoms with Crippen LogP contribution in [0, 0.1) is 0 Å². The van der Waals surface area contributed by atoms with Crippen molar-refractivity contribution in [2.75, 3.05) is 33.4 Å². The number of methoxy groups -OCH3 is 1. The second kappa shape index (κ2) is 9.61. The van der Waals surface area contributed by atoms with Crippen molar-refractivity contribution in [3.05, 3.63) is 89.6 Å². The highest BCUT2D eigenvalue weighted by Gasteiger charge is 2.48. The Hall–Kier alpha value is -3.75. The largest absolute Gasteiger partial charge is 0.497 e. The number of piperidine rings is 1. The second-order valence-electron chi connectivity index (χ2n) is 10.1. The molecular formula is C29H31N5O3. The van der Waals surface area contributed by atoms with Crippen molar-refractivity contribution in [1.82, 2.24) is 24.8 Å². The minimum absolute atomic E-state index is 0.0829. The van der Waals surface area contributed by atoms with Crippen molar-refractivity contribution < 1.29 is 14.6 Å². The van der Waals surface area contributed by atoms with Crippen LogP contribution in [0.15, 0.2) is 67.3 Å². The molecule has 8 heteroatoms. The fourth-order valence-electron chi connectivity index (χ4n) is 6.18. The van der Waals surface area contributed by atoms with Crippen molar-refractivity contribution in [2.24, 2.45) is 0 Å². The zero-order valence-corrected chi connectivity index (χ0v) is 20.9. The van der Waals surface area contributed by atoms with E-state index in [4.69, 9.17) is 4.74 Å². The summed E-state index contributed by atoms with van der Waals surface area (Å²) in [6, 6.07) is 13.2. The molecule has 0 aliphatic carbocycles. The first-order valence-electron chi connectivity index (χ1n) is 12.7. The molecule has 0 radical (unpaired) electrons. The lowest BCUT2D eigenvalue weighted by Crippen LogP contribution is -2.55. The Morgan fingerprint density at radius 1 is 1.14 bits per heavy atom. The maximum atomic E-state index is 13.8. The van der Waals surface area contributed by atoms with Crippen LogP contribution in [0.2, 0.25) is 0 Å². The molecule has 1 saturated heterocycles. The van der Waals surface area contributed by atoms with E-state index in [1.165, 1.54) is 11.1 Å². The second-order valence-corrected chi connectivity index (χ2v) is 10.1. The zero-order chi connectivity index (χ0) is 25.4. The van der Waals surface area contributed by atoms with Gasteiger partial charge in [-0.2, -0.15) is 0 Å². The van der Waals surface area contributed by atoms with E-state index in [2.05, 4.69) is 32.0 Å². The van der Waals surface area contributed by atoms with Crippen molar-refractivity contribution in [3.63, 3.8) is 0 Å². The average Bonchev–Trinajstić information content (AvgIpc) is 3.34. The average molecular weight is 498 g/mol. The molecule has 190 valence electrons. The first kappa shape index (κ1) is 23.6. The Morgan fingerprint density at radius 3 is 2.65 bits per heavy atom. The van der Waals surface area contributed by atoms with Crippen molar-refractivity contribution in [2.45, 2.75) is 30.8 Å². The predicted molar refractivity (Wildman–Crippen MR) is 140 cm³/mol. The number of nitrogens with one attached hydrogen (secondary N) is 1. The molecule has 1 atom stereocenters. The summed E-state index contributed by atoms with van der Waals surface area (Å²) in [5.74, 6) is 0.692. The number of likely N-dealkylation sites (tertiary alicyclic amines) is 1. The summed E-state index contributed by atoms with van der Waals surface area (Å²) in [6.07, 6.45) is 8.83. The monoisotopic (exact) mass is 497 g/mol. The molecule has 2 aliphatic heterocycles. The molecule has 1 fully saturated rings. The van der Waals surface area contributed by atoms with Crippen LogP contribution in [0.5, 0.6) is 5.75 Å². The lowest BCUT2D eigenvalue weighted by atomic mass is 9.68. The normalized spacial score (nSPS) is 19.2. The van der Waals surface area contributed by atoms with E-state index in [1.54, 1.807) is 37.8 Å². The molecule has 1 spiro atoms. The van der Waals surface area contributed by atoms with Crippen LogP contribution in [0.3, 0.4) is 0 Å². The van der Waals surface area contributed by atoms with Gasteiger partial charge in [-0.15, -0.1) is 0 Å². The number of rotatable bonds is 5. The first-order valence-corrected chi connectivity index (χ1v) is 12.7. The number of benzene rings is 1. The minimum atomic E-state index is -0.451. The van der Waals surface area contributed by atoms with Gasteiger partial charge in [0, 0.05) is 71.5 Å². The van der Waals surface area contributed by atoms with Crippen LogP contribution in [-0.4, -0.2) is 69.1 Å². The topological polar surface area (TPSA) is 94.6 Å². The Morgan fingerprint density at radius 2 is 1.95 bits per heavy atom. The summed E-state index contributed by atoms with van der Waals surface area (Å²) in [5, 5.41) is 11.7. The number of ether oxygens (including phenoxy) is 1.